The summed E-state index contributed by atoms with van der Waals surface area (Å²) in [4.78, 5) is 2.69. The minimum atomic E-state index is 0.217. The molecule has 1 N–H and O–H groups in total. The Morgan fingerprint density at radius 1 is 1.05 bits per heavy atom. The third-order valence-corrected chi connectivity index (χ3v) is 4.40. The Hall–Kier alpha value is -0.860. The molecule has 0 aromatic heterocycles. The summed E-state index contributed by atoms with van der Waals surface area (Å²) in [6.07, 6.45) is 2.35. The monoisotopic (exact) mass is 260 g/mol. The Labute approximate surface area is 118 Å². The zero-order valence-electron chi connectivity index (χ0n) is 12.9. The number of hydrogen-bond acceptors (Lipinski definition) is 2. The third-order valence-electron chi connectivity index (χ3n) is 4.40. The van der Waals surface area contributed by atoms with Gasteiger partial charge in [-0.05, 0) is 52.6 Å². The SMILES string of the molecule is CC1(C)CCNCC(C)(C)N1CCc1ccccc1. The highest BCUT2D eigenvalue weighted by atomic mass is 15.3. The van der Waals surface area contributed by atoms with Crippen LogP contribution in [0.2, 0.25) is 0 Å². The standard InChI is InChI=1S/C17H28N2/c1-16(2)11-12-18-14-17(3,4)19(16)13-10-15-8-6-5-7-9-15/h5-9,18H,10-14H2,1-4H3. The predicted molar refractivity (Wildman–Crippen MR) is 82.5 cm³/mol. The van der Waals surface area contributed by atoms with Crippen molar-refractivity contribution >= 4 is 0 Å². The summed E-state index contributed by atoms with van der Waals surface area (Å²) in [5.74, 6) is 0. The number of benzene rings is 1. The predicted octanol–water partition coefficient (Wildman–Crippen LogP) is 3.08. The lowest BCUT2D eigenvalue weighted by Crippen LogP contribution is -2.57. The smallest absolute Gasteiger partial charge is 0.0283 e. The van der Waals surface area contributed by atoms with Gasteiger partial charge in [0, 0.05) is 24.2 Å². The van der Waals surface area contributed by atoms with Gasteiger partial charge < -0.3 is 5.32 Å². The second-order valence-corrected chi connectivity index (χ2v) is 6.94. The third kappa shape index (κ3) is 3.58. The molecule has 1 aromatic carbocycles. The highest BCUT2D eigenvalue weighted by Gasteiger charge is 2.38. The highest BCUT2D eigenvalue weighted by Crippen LogP contribution is 2.29. The Kier molecular flexibility index (Phi) is 4.32. The van der Waals surface area contributed by atoms with Gasteiger partial charge in [-0.25, -0.2) is 0 Å². The van der Waals surface area contributed by atoms with Crippen molar-refractivity contribution in [2.24, 2.45) is 0 Å². The zero-order valence-corrected chi connectivity index (χ0v) is 12.9. The average Bonchev–Trinajstić information content (AvgIpc) is 2.45. The normalized spacial score (nSPS) is 22.9. The maximum atomic E-state index is 3.58. The Bertz CT molecular complexity index is 377. The molecule has 0 amide bonds. The topological polar surface area (TPSA) is 15.3 Å². The molecule has 1 saturated heterocycles. The molecule has 2 nitrogen and oxygen atoms in total. The molecule has 0 radical (unpaired) electrons. The van der Waals surface area contributed by atoms with Crippen LogP contribution in [0, 0.1) is 0 Å². The summed E-state index contributed by atoms with van der Waals surface area (Å²) in [7, 11) is 0. The number of nitrogens with zero attached hydrogens (tertiary/aromatic N) is 1. The Morgan fingerprint density at radius 3 is 2.42 bits per heavy atom. The van der Waals surface area contributed by atoms with Crippen molar-refractivity contribution in [3.8, 4) is 0 Å². The molecule has 0 aliphatic carbocycles. The summed E-state index contributed by atoms with van der Waals surface area (Å²) in [6, 6.07) is 10.8. The average molecular weight is 260 g/mol. The van der Waals surface area contributed by atoms with Gasteiger partial charge in [0.15, 0.2) is 0 Å². The molecule has 0 unspecified atom stereocenters. The van der Waals surface area contributed by atoms with Crippen LogP contribution < -0.4 is 5.32 Å². The van der Waals surface area contributed by atoms with E-state index in [9.17, 15) is 0 Å². The number of nitrogens with one attached hydrogen (secondary N) is 1. The summed E-state index contributed by atoms with van der Waals surface area (Å²) >= 11 is 0. The first-order valence-corrected chi connectivity index (χ1v) is 7.44. The van der Waals surface area contributed by atoms with Crippen LogP contribution in [0.5, 0.6) is 0 Å². The van der Waals surface area contributed by atoms with Gasteiger partial charge in [-0.3, -0.25) is 4.90 Å². The molecule has 0 bridgehead atoms. The van der Waals surface area contributed by atoms with Crippen molar-refractivity contribution in [3.05, 3.63) is 35.9 Å². The molecule has 0 saturated carbocycles. The van der Waals surface area contributed by atoms with E-state index in [-0.39, 0.29) is 11.1 Å². The maximum absolute atomic E-state index is 3.58. The minimum Gasteiger partial charge on any atom is -0.315 e. The fraction of sp³-hybridized carbons (Fsp3) is 0.647. The maximum Gasteiger partial charge on any atom is 0.0283 e. The van der Waals surface area contributed by atoms with Crippen LogP contribution in [0.4, 0.5) is 0 Å². The van der Waals surface area contributed by atoms with E-state index in [2.05, 4.69) is 68.2 Å². The van der Waals surface area contributed by atoms with Gasteiger partial charge in [0.05, 0.1) is 0 Å². The van der Waals surface area contributed by atoms with E-state index in [1.165, 1.54) is 12.0 Å². The van der Waals surface area contributed by atoms with Crippen LogP contribution in [0.25, 0.3) is 0 Å². The molecule has 1 aliphatic rings. The van der Waals surface area contributed by atoms with Crippen molar-refractivity contribution in [1.29, 1.82) is 0 Å². The second-order valence-electron chi connectivity index (χ2n) is 6.94. The van der Waals surface area contributed by atoms with Crippen molar-refractivity contribution in [3.63, 3.8) is 0 Å². The largest absolute Gasteiger partial charge is 0.315 e. The molecule has 2 rings (SSSR count). The van der Waals surface area contributed by atoms with Gasteiger partial charge in [0.25, 0.3) is 0 Å². The van der Waals surface area contributed by atoms with Gasteiger partial charge in [0.1, 0.15) is 0 Å². The van der Waals surface area contributed by atoms with Gasteiger partial charge in [-0.1, -0.05) is 30.3 Å². The summed E-state index contributed by atoms with van der Waals surface area (Å²) in [5.41, 5.74) is 1.92. The minimum absolute atomic E-state index is 0.217. The van der Waals surface area contributed by atoms with E-state index in [1.54, 1.807) is 0 Å². The van der Waals surface area contributed by atoms with Crippen molar-refractivity contribution in [2.45, 2.75) is 51.6 Å². The molecular formula is C17H28N2. The molecule has 1 aromatic rings. The highest BCUT2D eigenvalue weighted by molar-refractivity contribution is 5.15. The molecule has 0 atom stereocenters. The summed E-state index contributed by atoms with van der Waals surface area (Å²) in [6.45, 7) is 12.8. The van der Waals surface area contributed by atoms with Gasteiger partial charge in [-0.2, -0.15) is 0 Å². The Morgan fingerprint density at radius 2 is 1.74 bits per heavy atom. The van der Waals surface area contributed by atoms with E-state index >= 15 is 0 Å². The van der Waals surface area contributed by atoms with Crippen molar-refractivity contribution in [2.75, 3.05) is 19.6 Å². The van der Waals surface area contributed by atoms with Crippen LogP contribution in [0.3, 0.4) is 0 Å². The van der Waals surface area contributed by atoms with Crippen LogP contribution in [-0.4, -0.2) is 35.6 Å². The van der Waals surface area contributed by atoms with E-state index < -0.39 is 0 Å². The lowest BCUT2D eigenvalue weighted by Gasteiger charge is -2.47. The number of rotatable bonds is 3. The lowest BCUT2D eigenvalue weighted by molar-refractivity contribution is 0.0289. The van der Waals surface area contributed by atoms with E-state index in [0.29, 0.717) is 0 Å². The van der Waals surface area contributed by atoms with E-state index in [1.807, 2.05) is 0 Å². The molecule has 1 fully saturated rings. The van der Waals surface area contributed by atoms with Gasteiger partial charge in [-0.15, -0.1) is 0 Å². The molecule has 2 heteroatoms. The summed E-state index contributed by atoms with van der Waals surface area (Å²) < 4.78 is 0. The zero-order chi connectivity index (χ0) is 13.9. The molecule has 0 spiro atoms. The van der Waals surface area contributed by atoms with Crippen LogP contribution in [0.1, 0.15) is 39.7 Å². The molecule has 106 valence electrons. The molecular weight excluding hydrogens is 232 g/mol. The van der Waals surface area contributed by atoms with Crippen molar-refractivity contribution in [1.82, 2.24) is 10.2 Å². The quantitative estimate of drug-likeness (QED) is 0.898. The van der Waals surface area contributed by atoms with E-state index in [0.717, 1.165) is 26.1 Å². The Balaban J connectivity index is 2.10. The van der Waals surface area contributed by atoms with Crippen molar-refractivity contribution < 1.29 is 0 Å². The second kappa shape index (κ2) is 5.64. The fourth-order valence-electron chi connectivity index (χ4n) is 3.33. The van der Waals surface area contributed by atoms with Crippen LogP contribution >= 0.6 is 0 Å². The summed E-state index contributed by atoms with van der Waals surface area (Å²) in [5, 5.41) is 3.58. The molecule has 1 aliphatic heterocycles. The van der Waals surface area contributed by atoms with E-state index in [4.69, 9.17) is 0 Å². The first kappa shape index (κ1) is 14.5. The first-order valence-electron chi connectivity index (χ1n) is 7.44. The molecule has 1 heterocycles. The van der Waals surface area contributed by atoms with Gasteiger partial charge >= 0.3 is 0 Å². The number of hydrogen-bond donors (Lipinski definition) is 1. The molecule has 19 heavy (non-hydrogen) atoms. The van der Waals surface area contributed by atoms with Gasteiger partial charge in [0.2, 0.25) is 0 Å². The fourth-order valence-corrected chi connectivity index (χ4v) is 3.33. The lowest BCUT2D eigenvalue weighted by atomic mass is 9.91. The van der Waals surface area contributed by atoms with Crippen LogP contribution in [-0.2, 0) is 6.42 Å². The first-order chi connectivity index (χ1) is 8.92. The van der Waals surface area contributed by atoms with Crippen LogP contribution in [0.15, 0.2) is 30.3 Å².